The summed E-state index contributed by atoms with van der Waals surface area (Å²) in [7, 11) is 0. The van der Waals surface area contributed by atoms with Gasteiger partial charge in [0.05, 0.1) is 18.8 Å². The van der Waals surface area contributed by atoms with Crippen molar-refractivity contribution in [1.82, 2.24) is 20.4 Å². The highest BCUT2D eigenvalue weighted by atomic mass is 16.3. The zero-order valence-electron chi connectivity index (χ0n) is 14.4. The normalized spacial score (nSPS) is 14.7. The molecule has 1 aromatic carbocycles. The van der Waals surface area contributed by atoms with Crippen LogP contribution in [0.25, 0.3) is 0 Å². The molecule has 6 nitrogen and oxygen atoms in total. The van der Waals surface area contributed by atoms with E-state index in [4.69, 9.17) is 5.11 Å². The minimum absolute atomic E-state index is 0.0136. The smallest absolute Gasteiger partial charge is 0.315 e. The van der Waals surface area contributed by atoms with E-state index in [1.165, 1.54) is 5.56 Å². The van der Waals surface area contributed by atoms with Crippen molar-refractivity contribution in [3.8, 4) is 0 Å². The first-order valence-corrected chi connectivity index (χ1v) is 8.23. The van der Waals surface area contributed by atoms with Crippen molar-refractivity contribution in [1.29, 1.82) is 0 Å². The third-order valence-corrected chi connectivity index (χ3v) is 4.19. The third kappa shape index (κ3) is 5.09. The second kappa shape index (κ2) is 8.49. The van der Waals surface area contributed by atoms with Gasteiger partial charge in [-0.15, -0.1) is 0 Å². The van der Waals surface area contributed by atoms with Gasteiger partial charge in [-0.3, -0.25) is 4.68 Å². The van der Waals surface area contributed by atoms with Gasteiger partial charge in [0, 0.05) is 24.4 Å². The van der Waals surface area contributed by atoms with E-state index in [9.17, 15) is 4.79 Å². The second-order valence-corrected chi connectivity index (χ2v) is 6.24. The summed E-state index contributed by atoms with van der Waals surface area (Å²) in [4.78, 5) is 12.0. The van der Waals surface area contributed by atoms with Gasteiger partial charge in [0.2, 0.25) is 0 Å². The van der Waals surface area contributed by atoms with Crippen LogP contribution in [0, 0.1) is 5.92 Å². The number of hydrogen-bond donors (Lipinski definition) is 3. The number of urea groups is 1. The molecule has 3 N–H and O–H groups in total. The van der Waals surface area contributed by atoms with Crippen molar-refractivity contribution in [2.24, 2.45) is 5.92 Å². The van der Waals surface area contributed by atoms with E-state index in [-0.39, 0.29) is 30.6 Å². The number of nitrogens with zero attached hydrogens (tertiary/aromatic N) is 2. The maximum absolute atomic E-state index is 12.0. The van der Waals surface area contributed by atoms with Crippen LogP contribution in [0.5, 0.6) is 0 Å². The SMILES string of the molecule is CC(NC(=O)NC(C)C(C)CO)c1cnn(Cc2ccccc2)c1. The molecule has 0 bridgehead atoms. The highest BCUT2D eigenvalue weighted by Gasteiger charge is 2.16. The molecule has 0 aliphatic carbocycles. The van der Waals surface area contributed by atoms with Crippen molar-refractivity contribution >= 4 is 6.03 Å². The molecule has 2 amide bonds. The molecular weight excluding hydrogens is 304 g/mol. The van der Waals surface area contributed by atoms with Crippen LogP contribution in [0.2, 0.25) is 0 Å². The molecule has 0 aliphatic rings. The molecule has 0 saturated heterocycles. The van der Waals surface area contributed by atoms with Crippen molar-refractivity contribution < 1.29 is 9.90 Å². The quantitative estimate of drug-likeness (QED) is 0.729. The van der Waals surface area contributed by atoms with Gasteiger partial charge in [-0.1, -0.05) is 37.3 Å². The highest BCUT2D eigenvalue weighted by molar-refractivity contribution is 5.74. The molecule has 0 fully saturated rings. The second-order valence-electron chi connectivity index (χ2n) is 6.24. The van der Waals surface area contributed by atoms with Crippen molar-refractivity contribution in [2.75, 3.05) is 6.61 Å². The summed E-state index contributed by atoms with van der Waals surface area (Å²) in [6.45, 7) is 6.43. The number of carbonyl (C=O) groups is 1. The minimum atomic E-state index is -0.244. The summed E-state index contributed by atoms with van der Waals surface area (Å²) in [6, 6.07) is 9.62. The Balaban J connectivity index is 1.89. The van der Waals surface area contributed by atoms with E-state index in [1.54, 1.807) is 6.20 Å². The van der Waals surface area contributed by atoms with Crippen molar-refractivity contribution in [3.05, 3.63) is 53.9 Å². The largest absolute Gasteiger partial charge is 0.396 e. The Bertz CT molecular complexity index is 641. The minimum Gasteiger partial charge on any atom is -0.396 e. The number of aliphatic hydroxyl groups excluding tert-OH is 1. The topological polar surface area (TPSA) is 79.2 Å². The fraction of sp³-hybridized carbons (Fsp3) is 0.444. The number of hydrogen-bond acceptors (Lipinski definition) is 3. The predicted octanol–water partition coefficient (Wildman–Crippen LogP) is 2.31. The van der Waals surface area contributed by atoms with Crippen LogP contribution in [0.15, 0.2) is 42.7 Å². The highest BCUT2D eigenvalue weighted by Crippen LogP contribution is 2.12. The zero-order valence-corrected chi connectivity index (χ0v) is 14.4. The summed E-state index contributed by atoms with van der Waals surface area (Å²) in [5.74, 6) is 0.0136. The first-order valence-electron chi connectivity index (χ1n) is 8.23. The molecule has 2 rings (SSSR count). The molecule has 0 spiro atoms. The first kappa shape index (κ1) is 18.0. The lowest BCUT2D eigenvalue weighted by Gasteiger charge is -2.21. The van der Waals surface area contributed by atoms with Crippen LogP contribution in [0.4, 0.5) is 4.79 Å². The Kier molecular flexibility index (Phi) is 6.37. The average molecular weight is 330 g/mol. The van der Waals surface area contributed by atoms with E-state index < -0.39 is 0 Å². The number of rotatable bonds is 7. The molecule has 24 heavy (non-hydrogen) atoms. The van der Waals surface area contributed by atoms with E-state index in [2.05, 4.69) is 27.9 Å². The molecule has 130 valence electrons. The van der Waals surface area contributed by atoms with Crippen LogP contribution >= 0.6 is 0 Å². The number of nitrogens with one attached hydrogen (secondary N) is 2. The van der Waals surface area contributed by atoms with Crippen LogP contribution in [-0.2, 0) is 6.54 Å². The predicted molar refractivity (Wildman–Crippen MR) is 93.6 cm³/mol. The average Bonchev–Trinajstić information content (AvgIpc) is 3.03. The maximum atomic E-state index is 12.0. The number of aliphatic hydroxyl groups is 1. The number of amides is 2. The fourth-order valence-corrected chi connectivity index (χ4v) is 2.29. The molecule has 0 aliphatic heterocycles. The summed E-state index contributed by atoms with van der Waals surface area (Å²) >= 11 is 0. The van der Waals surface area contributed by atoms with Gasteiger partial charge in [-0.25, -0.2) is 4.79 Å². The Morgan fingerprint density at radius 2 is 1.92 bits per heavy atom. The molecule has 0 saturated carbocycles. The van der Waals surface area contributed by atoms with Crippen molar-refractivity contribution in [2.45, 2.75) is 39.4 Å². The number of aromatic nitrogens is 2. The summed E-state index contributed by atoms with van der Waals surface area (Å²) < 4.78 is 1.86. The Morgan fingerprint density at radius 3 is 2.58 bits per heavy atom. The van der Waals surface area contributed by atoms with Crippen LogP contribution in [-0.4, -0.2) is 33.6 Å². The molecular formula is C18H26N4O2. The van der Waals surface area contributed by atoms with Gasteiger partial charge < -0.3 is 15.7 Å². The van der Waals surface area contributed by atoms with Gasteiger partial charge in [-0.2, -0.15) is 5.10 Å². The maximum Gasteiger partial charge on any atom is 0.315 e. The van der Waals surface area contributed by atoms with Gasteiger partial charge in [0.15, 0.2) is 0 Å². The number of carbonyl (C=O) groups excluding carboxylic acids is 1. The van der Waals surface area contributed by atoms with E-state index in [1.807, 2.05) is 49.8 Å². The zero-order chi connectivity index (χ0) is 17.5. The Hall–Kier alpha value is -2.34. The molecule has 1 heterocycles. The lowest BCUT2D eigenvalue weighted by atomic mass is 10.1. The van der Waals surface area contributed by atoms with Crippen molar-refractivity contribution in [3.63, 3.8) is 0 Å². The first-order chi connectivity index (χ1) is 11.5. The number of benzene rings is 1. The molecule has 1 aromatic heterocycles. The summed E-state index contributed by atoms with van der Waals surface area (Å²) in [6.07, 6.45) is 3.71. The fourth-order valence-electron chi connectivity index (χ4n) is 2.29. The molecule has 3 atom stereocenters. The molecule has 0 radical (unpaired) electrons. The summed E-state index contributed by atoms with van der Waals surface area (Å²) in [5.41, 5.74) is 2.13. The van der Waals surface area contributed by atoms with E-state index in [0.29, 0.717) is 6.54 Å². The monoisotopic (exact) mass is 330 g/mol. The molecule has 6 heteroatoms. The Labute approximate surface area is 142 Å². The third-order valence-electron chi connectivity index (χ3n) is 4.19. The van der Waals surface area contributed by atoms with Gasteiger partial charge in [-0.05, 0) is 25.3 Å². The van der Waals surface area contributed by atoms with E-state index in [0.717, 1.165) is 5.56 Å². The summed E-state index contributed by atoms with van der Waals surface area (Å²) in [5, 5.41) is 19.2. The van der Waals surface area contributed by atoms with Crippen LogP contribution < -0.4 is 10.6 Å². The van der Waals surface area contributed by atoms with Gasteiger partial charge in [0.25, 0.3) is 0 Å². The van der Waals surface area contributed by atoms with Gasteiger partial charge >= 0.3 is 6.03 Å². The van der Waals surface area contributed by atoms with Gasteiger partial charge in [0.1, 0.15) is 0 Å². The van der Waals surface area contributed by atoms with Crippen LogP contribution in [0.1, 0.15) is 37.9 Å². The Morgan fingerprint density at radius 1 is 1.21 bits per heavy atom. The lowest BCUT2D eigenvalue weighted by Crippen LogP contribution is -2.44. The lowest BCUT2D eigenvalue weighted by molar-refractivity contribution is 0.199. The molecule has 3 unspecified atom stereocenters. The standard InChI is InChI=1S/C18H26N4O2/c1-13(12-23)14(2)20-18(24)21-15(3)17-9-19-22(11-17)10-16-7-5-4-6-8-16/h4-9,11,13-15,23H,10,12H2,1-3H3,(H2,20,21,24). The van der Waals surface area contributed by atoms with Crippen LogP contribution in [0.3, 0.4) is 0 Å². The molecule has 2 aromatic rings. The van der Waals surface area contributed by atoms with E-state index >= 15 is 0 Å².